The number of rotatable bonds is 4. The minimum atomic E-state index is 0.591. The minimum Gasteiger partial charge on any atom is -0.382 e. The topological polar surface area (TPSA) is 52.7 Å². The third-order valence-electron chi connectivity index (χ3n) is 4.11. The van der Waals surface area contributed by atoms with Crippen molar-refractivity contribution in [2.24, 2.45) is 0 Å². The Morgan fingerprint density at radius 3 is 2.65 bits per heavy atom. The lowest BCUT2D eigenvalue weighted by Crippen LogP contribution is -2.40. The number of nitrogens with zero attached hydrogens (tertiary/aromatic N) is 1. The van der Waals surface area contributed by atoms with Crippen molar-refractivity contribution < 1.29 is 0 Å². The van der Waals surface area contributed by atoms with Crippen LogP contribution < -0.4 is 10.6 Å². The summed E-state index contributed by atoms with van der Waals surface area (Å²) >= 11 is 0. The van der Waals surface area contributed by atoms with Crippen molar-refractivity contribution in [2.45, 2.75) is 57.7 Å². The zero-order chi connectivity index (χ0) is 13.9. The van der Waals surface area contributed by atoms with Gasteiger partial charge < -0.3 is 10.6 Å². The van der Waals surface area contributed by atoms with E-state index in [1.807, 2.05) is 6.20 Å². The Morgan fingerprint density at radius 2 is 1.90 bits per heavy atom. The normalized spacial score (nSPS) is 23.4. The molecule has 1 aromatic carbocycles. The summed E-state index contributed by atoms with van der Waals surface area (Å²) in [6, 6.07) is 8.30. The van der Waals surface area contributed by atoms with Gasteiger partial charge in [0.15, 0.2) is 0 Å². The zero-order valence-corrected chi connectivity index (χ0v) is 12.3. The molecule has 1 saturated carbocycles. The van der Waals surface area contributed by atoms with Gasteiger partial charge in [-0.05, 0) is 43.9 Å². The van der Waals surface area contributed by atoms with E-state index in [4.69, 9.17) is 0 Å². The summed E-state index contributed by atoms with van der Waals surface area (Å²) in [7, 11) is 0. The maximum atomic E-state index is 4.07. The molecule has 0 bridgehead atoms. The molecule has 108 valence electrons. The number of nitrogens with one attached hydrogen (secondary N) is 3. The first-order valence-electron chi connectivity index (χ1n) is 7.66. The first kappa shape index (κ1) is 13.4. The number of aromatic amines is 1. The van der Waals surface area contributed by atoms with Gasteiger partial charge in [0.25, 0.3) is 0 Å². The lowest BCUT2D eigenvalue weighted by atomic mass is 9.90. The summed E-state index contributed by atoms with van der Waals surface area (Å²) in [4.78, 5) is 0. The SMILES string of the molecule is CC(C)N[C@H]1CC[C@@H](Nc2ccc3[nH]ncc3c2)CC1. The molecule has 20 heavy (non-hydrogen) atoms. The van der Waals surface area contributed by atoms with Crippen LogP contribution in [0.4, 0.5) is 5.69 Å². The van der Waals surface area contributed by atoms with Gasteiger partial charge in [0.1, 0.15) is 0 Å². The van der Waals surface area contributed by atoms with Crippen LogP contribution in [-0.2, 0) is 0 Å². The Balaban J connectivity index is 1.56. The average molecular weight is 272 g/mol. The van der Waals surface area contributed by atoms with Crippen molar-refractivity contribution in [3.63, 3.8) is 0 Å². The predicted octanol–water partition coefficient (Wildman–Crippen LogP) is 3.28. The molecular weight excluding hydrogens is 248 g/mol. The number of hydrogen-bond acceptors (Lipinski definition) is 3. The van der Waals surface area contributed by atoms with E-state index >= 15 is 0 Å². The summed E-state index contributed by atoms with van der Waals surface area (Å²) in [5, 5.41) is 15.5. The first-order chi connectivity index (χ1) is 9.70. The molecule has 0 amide bonds. The van der Waals surface area contributed by atoms with Crippen molar-refractivity contribution in [3.8, 4) is 0 Å². The second-order valence-corrected chi connectivity index (χ2v) is 6.19. The standard InChI is InChI=1S/C16H24N4/c1-11(2)18-13-3-5-14(6-4-13)19-15-7-8-16-12(9-15)10-17-20-16/h7-11,13-14,18-19H,3-6H2,1-2H3,(H,17,20)/t13-,14+. The van der Waals surface area contributed by atoms with E-state index in [0.29, 0.717) is 18.1 Å². The molecular formula is C16H24N4. The molecule has 0 spiro atoms. The quantitative estimate of drug-likeness (QED) is 0.800. The highest BCUT2D eigenvalue weighted by molar-refractivity contribution is 5.81. The van der Waals surface area contributed by atoms with E-state index < -0.39 is 0 Å². The highest BCUT2D eigenvalue weighted by Gasteiger charge is 2.21. The van der Waals surface area contributed by atoms with E-state index in [2.05, 4.69) is 52.9 Å². The molecule has 3 rings (SSSR count). The lowest BCUT2D eigenvalue weighted by molar-refractivity contribution is 0.336. The van der Waals surface area contributed by atoms with Gasteiger partial charge in [-0.2, -0.15) is 5.10 Å². The van der Waals surface area contributed by atoms with E-state index in [9.17, 15) is 0 Å². The van der Waals surface area contributed by atoms with Gasteiger partial charge in [-0.15, -0.1) is 0 Å². The molecule has 1 aromatic heterocycles. The summed E-state index contributed by atoms with van der Waals surface area (Å²) in [5.74, 6) is 0. The summed E-state index contributed by atoms with van der Waals surface area (Å²) in [5.41, 5.74) is 2.31. The van der Waals surface area contributed by atoms with Crippen LogP contribution in [0.15, 0.2) is 24.4 Å². The molecule has 3 N–H and O–H groups in total. The van der Waals surface area contributed by atoms with Crippen LogP contribution in [0.25, 0.3) is 10.9 Å². The largest absolute Gasteiger partial charge is 0.382 e. The third-order valence-corrected chi connectivity index (χ3v) is 4.11. The Bertz CT molecular complexity index is 552. The van der Waals surface area contributed by atoms with Crippen molar-refractivity contribution >= 4 is 16.6 Å². The summed E-state index contributed by atoms with van der Waals surface area (Å²) in [6.45, 7) is 4.45. The Labute approximate surface area is 120 Å². The van der Waals surface area contributed by atoms with Crippen LogP contribution in [0.5, 0.6) is 0 Å². The van der Waals surface area contributed by atoms with Gasteiger partial charge in [0.05, 0.1) is 11.7 Å². The van der Waals surface area contributed by atoms with Crippen LogP contribution in [0, 0.1) is 0 Å². The Morgan fingerprint density at radius 1 is 1.15 bits per heavy atom. The number of benzene rings is 1. The number of aromatic nitrogens is 2. The van der Waals surface area contributed by atoms with Crippen molar-refractivity contribution in [1.29, 1.82) is 0 Å². The number of hydrogen-bond donors (Lipinski definition) is 3. The number of fused-ring (bicyclic) bond motifs is 1. The zero-order valence-electron chi connectivity index (χ0n) is 12.3. The van der Waals surface area contributed by atoms with E-state index in [1.54, 1.807) is 0 Å². The molecule has 2 aromatic rings. The molecule has 4 heteroatoms. The first-order valence-corrected chi connectivity index (χ1v) is 7.66. The van der Waals surface area contributed by atoms with Crippen molar-refractivity contribution in [3.05, 3.63) is 24.4 Å². The fraction of sp³-hybridized carbons (Fsp3) is 0.562. The van der Waals surface area contributed by atoms with Gasteiger partial charge in [-0.25, -0.2) is 0 Å². The number of H-pyrrole nitrogens is 1. The molecule has 1 aliphatic carbocycles. The monoisotopic (exact) mass is 272 g/mol. The molecule has 0 radical (unpaired) electrons. The predicted molar refractivity (Wildman–Crippen MR) is 84.0 cm³/mol. The third kappa shape index (κ3) is 3.12. The maximum absolute atomic E-state index is 4.07. The Kier molecular flexibility index (Phi) is 3.92. The van der Waals surface area contributed by atoms with Crippen molar-refractivity contribution in [1.82, 2.24) is 15.5 Å². The summed E-state index contributed by atoms with van der Waals surface area (Å²) < 4.78 is 0. The average Bonchev–Trinajstić information content (AvgIpc) is 2.88. The second kappa shape index (κ2) is 5.83. The minimum absolute atomic E-state index is 0.591. The molecule has 1 aliphatic rings. The smallest absolute Gasteiger partial charge is 0.0651 e. The second-order valence-electron chi connectivity index (χ2n) is 6.19. The van der Waals surface area contributed by atoms with Crippen LogP contribution >= 0.6 is 0 Å². The van der Waals surface area contributed by atoms with Crippen LogP contribution in [0.2, 0.25) is 0 Å². The molecule has 1 heterocycles. The van der Waals surface area contributed by atoms with Gasteiger partial charge in [-0.3, -0.25) is 5.10 Å². The van der Waals surface area contributed by atoms with E-state index in [1.165, 1.54) is 36.8 Å². The van der Waals surface area contributed by atoms with Crippen LogP contribution in [0.3, 0.4) is 0 Å². The molecule has 0 saturated heterocycles. The fourth-order valence-corrected chi connectivity index (χ4v) is 3.14. The van der Waals surface area contributed by atoms with Crippen LogP contribution in [-0.4, -0.2) is 28.3 Å². The molecule has 0 unspecified atom stereocenters. The van der Waals surface area contributed by atoms with E-state index in [0.717, 1.165) is 5.52 Å². The Hall–Kier alpha value is -1.55. The van der Waals surface area contributed by atoms with Crippen LogP contribution in [0.1, 0.15) is 39.5 Å². The van der Waals surface area contributed by atoms with Crippen molar-refractivity contribution in [2.75, 3.05) is 5.32 Å². The van der Waals surface area contributed by atoms with Gasteiger partial charge >= 0.3 is 0 Å². The van der Waals surface area contributed by atoms with Gasteiger partial charge in [0.2, 0.25) is 0 Å². The maximum Gasteiger partial charge on any atom is 0.0651 e. The fourth-order valence-electron chi connectivity index (χ4n) is 3.14. The highest BCUT2D eigenvalue weighted by Crippen LogP contribution is 2.24. The molecule has 1 fully saturated rings. The van der Waals surface area contributed by atoms with Gasteiger partial charge in [0, 0.05) is 29.2 Å². The lowest BCUT2D eigenvalue weighted by Gasteiger charge is -2.31. The summed E-state index contributed by atoms with van der Waals surface area (Å²) in [6.07, 6.45) is 6.90. The molecule has 0 aliphatic heterocycles. The highest BCUT2D eigenvalue weighted by atomic mass is 15.1. The van der Waals surface area contributed by atoms with E-state index in [-0.39, 0.29) is 0 Å². The molecule has 4 nitrogen and oxygen atoms in total. The molecule has 0 atom stereocenters. The number of anilines is 1. The van der Waals surface area contributed by atoms with Gasteiger partial charge in [-0.1, -0.05) is 13.8 Å².